The largest absolute Gasteiger partial charge is 0.465 e. The fourth-order valence-corrected chi connectivity index (χ4v) is 2.35. The molecular formula is C14H27NO3. The minimum atomic E-state index is -0.588. The molecule has 1 saturated carbocycles. The van der Waals surface area contributed by atoms with E-state index in [9.17, 15) is 4.79 Å². The third-order valence-electron chi connectivity index (χ3n) is 3.75. The minimum absolute atomic E-state index is 0.173. The highest BCUT2D eigenvalue weighted by Gasteiger charge is 2.32. The van der Waals surface area contributed by atoms with Crippen molar-refractivity contribution in [3.63, 3.8) is 0 Å². The van der Waals surface area contributed by atoms with E-state index in [1.807, 2.05) is 13.8 Å². The predicted molar refractivity (Wildman–Crippen MR) is 71.5 cm³/mol. The summed E-state index contributed by atoms with van der Waals surface area (Å²) >= 11 is 0. The van der Waals surface area contributed by atoms with Gasteiger partial charge >= 0.3 is 5.97 Å². The molecule has 1 atom stereocenters. The van der Waals surface area contributed by atoms with Crippen LogP contribution < -0.4 is 5.32 Å². The van der Waals surface area contributed by atoms with Gasteiger partial charge in [0.25, 0.3) is 0 Å². The van der Waals surface area contributed by atoms with Gasteiger partial charge in [0.2, 0.25) is 0 Å². The topological polar surface area (TPSA) is 47.6 Å². The summed E-state index contributed by atoms with van der Waals surface area (Å²) < 4.78 is 10.9. The number of nitrogens with one attached hydrogen (secondary N) is 1. The molecule has 0 saturated heterocycles. The van der Waals surface area contributed by atoms with Gasteiger partial charge in [0.1, 0.15) is 5.54 Å². The van der Waals surface area contributed by atoms with Crippen LogP contribution in [0, 0.1) is 0 Å². The van der Waals surface area contributed by atoms with Crippen LogP contribution in [0.4, 0.5) is 0 Å². The zero-order chi connectivity index (χ0) is 13.4. The van der Waals surface area contributed by atoms with Crippen molar-refractivity contribution in [2.45, 2.75) is 64.0 Å². The lowest BCUT2D eigenvalue weighted by molar-refractivity contribution is -0.150. The first-order valence-corrected chi connectivity index (χ1v) is 7.10. The van der Waals surface area contributed by atoms with Gasteiger partial charge in [-0.05, 0) is 46.6 Å². The first kappa shape index (κ1) is 15.4. The lowest BCUT2D eigenvalue weighted by atomic mass is 9.96. The van der Waals surface area contributed by atoms with Gasteiger partial charge in [0.05, 0.1) is 12.7 Å². The molecule has 0 aromatic heterocycles. The molecule has 106 valence electrons. The van der Waals surface area contributed by atoms with E-state index in [-0.39, 0.29) is 5.97 Å². The molecule has 0 bridgehead atoms. The molecule has 0 aromatic carbocycles. The fourth-order valence-electron chi connectivity index (χ4n) is 2.35. The number of rotatable bonds is 8. The maximum absolute atomic E-state index is 11.8. The molecule has 1 aliphatic rings. The summed E-state index contributed by atoms with van der Waals surface area (Å²) in [5.41, 5.74) is -0.588. The Labute approximate surface area is 110 Å². The molecule has 4 nitrogen and oxygen atoms in total. The van der Waals surface area contributed by atoms with Crippen LogP contribution >= 0.6 is 0 Å². The van der Waals surface area contributed by atoms with E-state index in [2.05, 4.69) is 5.32 Å². The summed E-state index contributed by atoms with van der Waals surface area (Å²) in [4.78, 5) is 11.8. The molecule has 0 radical (unpaired) electrons. The molecule has 1 fully saturated rings. The quantitative estimate of drug-likeness (QED) is 0.535. The summed E-state index contributed by atoms with van der Waals surface area (Å²) in [7, 11) is 1.80. The van der Waals surface area contributed by atoms with Crippen LogP contribution in [-0.4, -0.2) is 37.9 Å². The van der Waals surface area contributed by atoms with E-state index < -0.39 is 5.54 Å². The molecule has 1 unspecified atom stereocenters. The van der Waals surface area contributed by atoms with Gasteiger partial charge in [-0.25, -0.2) is 0 Å². The SMILES string of the molecule is CCOC(=O)C(C)(CCCOC1CCCC1)NC. The average molecular weight is 257 g/mol. The molecule has 1 N–H and O–H groups in total. The molecule has 0 spiro atoms. The molecule has 0 aliphatic heterocycles. The van der Waals surface area contributed by atoms with Gasteiger partial charge in [-0.15, -0.1) is 0 Å². The second-order valence-electron chi connectivity index (χ2n) is 5.18. The van der Waals surface area contributed by atoms with Gasteiger partial charge < -0.3 is 14.8 Å². The van der Waals surface area contributed by atoms with Crippen molar-refractivity contribution in [1.82, 2.24) is 5.32 Å². The van der Waals surface area contributed by atoms with Crippen LogP contribution in [0.2, 0.25) is 0 Å². The highest BCUT2D eigenvalue weighted by atomic mass is 16.5. The van der Waals surface area contributed by atoms with E-state index >= 15 is 0 Å². The normalized spacial score (nSPS) is 19.7. The Bertz CT molecular complexity index is 251. The van der Waals surface area contributed by atoms with Gasteiger partial charge in [0, 0.05) is 6.61 Å². The number of carbonyl (C=O) groups excluding carboxylic acids is 1. The third-order valence-corrected chi connectivity index (χ3v) is 3.75. The summed E-state index contributed by atoms with van der Waals surface area (Å²) in [6.07, 6.45) is 7.06. The first-order valence-electron chi connectivity index (χ1n) is 7.10. The first-order chi connectivity index (χ1) is 8.62. The highest BCUT2D eigenvalue weighted by molar-refractivity contribution is 5.80. The van der Waals surface area contributed by atoms with Crippen LogP contribution in [0.1, 0.15) is 52.4 Å². The highest BCUT2D eigenvalue weighted by Crippen LogP contribution is 2.22. The molecule has 0 amide bonds. The Balaban J connectivity index is 2.23. The van der Waals surface area contributed by atoms with Gasteiger partial charge in [0.15, 0.2) is 0 Å². The van der Waals surface area contributed by atoms with Crippen LogP contribution in [0.15, 0.2) is 0 Å². The Hall–Kier alpha value is -0.610. The maximum atomic E-state index is 11.8. The number of hydrogen-bond acceptors (Lipinski definition) is 4. The Kier molecular flexibility index (Phi) is 6.65. The van der Waals surface area contributed by atoms with Crippen LogP contribution in [-0.2, 0) is 14.3 Å². The van der Waals surface area contributed by atoms with Crippen LogP contribution in [0.3, 0.4) is 0 Å². The molecule has 1 aliphatic carbocycles. The molecule has 4 heteroatoms. The lowest BCUT2D eigenvalue weighted by Crippen LogP contribution is -2.48. The Morgan fingerprint density at radius 1 is 1.39 bits per heavy atom. The van der Waals surface area contributed by atoms with Crippen molar-refractivity contribution < 1.29 is 14.3 Å². The van der Waals surface area contributed by atoms with E-state index in [0.717, 1.165) is 19.4 Å². The number of esters is 1. The standard InChI is InChI=1S/C14H27NO3/c1-4-17-13(16)14(2,15-3)10-7-11-18-12-8-5-6-9-12/h12,15H,4-11H2,1-3H3. The summed E-state index contributed by atoms with van der Waals surface area (Å²) in [5.74, 6) is -0.173. The fraction of sp³-hybridized carbons (Fsp3) is 0.929. The number of hydrogen-bond donors (Lipinski definition) is 1. The average Bonchev–Trinajstić information content (AvgIpc) is 2.87. The summed E-state index contributed by atoms with van der Waals surface area (Å²) in [6.45, 7) is 4.88. The predicted octanol–water partition coefficient (Wildman–Crippen LogP) is 2.27. The molecule has 18 heavy (non-hydrogen) atoms. The number of likely N-dealkylation sites (N-methyl/N-ethyl adjacent to an activating group) is 1. The molecule has 0 heterocycles. The van der Waals surface area contributed by atoms with Gasteiger partial charge in [-0.2, -0.15) is 0 Å². The van der Waals surface area contributed by atoms with E-state index in [1.54, 1.807) is 7.05 Å². The Morgan fingerprint density at radius 2 is 2.06 bits per heavy atom. The summed E-state index contributed by atoms with van der Waals surface area (Å²) in [5, 5.41) is 3.06. The van der Waals surface area contributed by atoms with Gasteiger partial charge in [-0.1, -0.05) is 12.8 Å². The maximum Gasteiger partial charge on any atom is 0.326 e. The van der Waals surface area contributed by atoms with Crippen LogP contribution in [0.5, 0.6) is 0 Å². The van der Waals surface area contributed by atoms with Crippen molar-refractivity contribution in [2.24, 2.45) is 0 Å². The molecule has 1 rings (SSSR count). The number of ether oxygens (including phenoxy) is 2. The monoisotopic (exact) mass is 257 g/mol. The second-order valence-corrected chi connectivity index (χ2v) is 5.18. The minimum Gasteiger partial charge on any atom is -0.465 e. The second kappa shape index (κ2) is 7.74. The lowest BCUT2D eigenvalue weighted by Gasteiger charge is -2.26. The third kappa shape index (κ3) is 4.58. The van der Waals surface area contributed by atoms with E-state index in [4.69, 9.17) is 9.47 Å². The van der Waals surface area contributed by atoms with Crippen LogP contribution in [0.25, 0.3) is 0 Å². The number of carbonyl (C=O) groups is 1. The van der Waals surface area contributed by atoms with Crippen molar-refractivity contribution in [3.8, 4) is 0 Å². The van der Waals surface area contributed by atoms with Crippen molar-refractivity contribution in [3.05, 3.63) is 0 Å². The van der Waals surface area contributed by atoms with Crippen molar-refractivity contribution >= 4 is 5.97 Å². The zero-order valence-corrected chi connectivity index (χ0v) is 12.0. The van der Waals surface area contributed by atoms with Crippen molar-refractivity contribution in [1.29, 1.82) is 0 Å². The molecular weight excluding hydrogens is 230 g/mol. The van der Waals surface area contributed by atoms with Crippen molar-refractivity contribution in [2.75, 3.05) is 20.3 Å². The van der Waals surface area contributed by atoms with Gasteiger partial charge in [-0.3, -0.25) is 4.79 Å². The molecule has 0 aromatic rings. The Morgan fingerprint density at radius 3 is 2.61 bits per heavy atom. The zero-order valence-electron chi connectivity index (χ0n) is 12.0. The van der Waals surface area contributed by atoms with E-state index in [0.29, 0.717) is 12.7 Å². The smallest absolute Gasteiger partial charge is 0.326 e. The summed E-state index contributed by atoms with van der Waals surface area (Å²) in [6, 6.07) is 0. The van der Waals surface area contributed by atoms with E-state index in [1.165, 1.54) is 25.7 Å².